The summed E-state index contributed by atoms with van der Waals surface area (Å²) in [6, 6.07) is 0.957. The number of hydrogen-bond donors (Lipinski definition) is 1. The zero-order valence-electron chi connectivity index (χ0n) is 18.1. The molecule has 2 aromatic heterocycles. The normalized spacial score (nSPS) is 14.4. The van der Waals surface area contributed by atoms with Crippen molar-refractivity contribution in [1.82, 2.24) is 25.3 Å². The molecule has 3 heterocycles. The molecule has 0 spiro atoms. The number of anilines is 1. The molecule has 0 radical (unpaired) electrons. The highest BCUT2D eigenvalue weighted by Gasteiger charge is 2.26. The molecular formula is C21H28N6O4. The van der Waals surface area contributed by atoms with Crippen LogP contribution in [0.15, 0.2) is 24.7 Å². The van der Waals surface area contributed by atoms with E-state index in [4.69, 9.17) is 9.47 Å². The molecule has 0 aliphatic carbocycles. The molecule has 0 unspecified atom stereocenters. The van der Waals surface area contributed by atoms with Crippen LogP contribution in [0.25, 0.3) is 0 Å². The summed E-state index contributed by atoms with van der Waals surface area (Å²) in [7, 11) is 1.30. The lowest BCUT2D eigenvalue weighted by atomic mass is 10.0. The minimum atomic E-state index is -0.764. The topological polar surface area (TPSA) is 119 Å². The van der Waals surface area contributed by atoms with E-state index in [9.17, 15) is 9.59 Å². The highest BCUT2D eigenvalue weighted by molar-refractivity contribution is 5.95. The van der Waals surface area contributed by atoms with Gasteiger partial charge in [0.1, 0.15) is 12.6 Å². The number of methoxy groups -OCH3 is 1. The van der Waals surface area contributed by atoms with Gasteiger partial charge in [-0.2, -0.15) is 0 Å². The minimum Gasteiger partial charge on any atom is -0.467 e. The van der Waals surface area contributed by atoms with E-state index in [0.29, 0.717) is 18.1 Å². The molecule has 10 nitrogen and oxygen atoms in total. The number of nitrogens with zero attached hydrogens (tertiary/aromatic N) is 5. The number of rotatable bonds is 9. The van der Waals surface area contributed by atoms with Crippen molar-refractivity contribution < 1.29 is 19.1 Å². The highest BCUT2D eigenvalue weighted by Crippen LogP contribution is 2.27. The molecule has 1 atom stereocenters. The summed E-state index contributed by atoms with van der Waals surface area (Å²) in [5.41, 5.74) is 0.0598. The number of aromatic nitrogens is 4. The average Bonchev–Trinajstić information content (AvgIpc) is 3.31. The van der Waals surface area contributed by atoms with Crippen LogP contribution >= 0.6 is 0 Å². The molecule has 2 aromatic rings. The van der Waals surface area contributed by atoms with E-state index in [0.717, 1.165) is 25.9 Å². The molecule has 166 valence electrons. The lowest BCUT2D eigenvalue weighted by molar-refractivity contribution is -0.143. The second-order valence-corrected chi connectivity index (χ2v) is 7.71. The van der Waals surface area contributed by atoms with Gasteiger partial charge in [0.05, 0.1) is 13.3 Å². The van der Waals surface area contributed by atoms with Gasteiger partial charge < -0.3 is 19.7 Å². The van der Waals surface area contributed by atoms with Gasteiger partial charge in [-0.3, -0.25) is 4.79 Å². The summed E-state index contributed by atoms with van der Waals surface area (Å²) < 4.78 is 10.7. The van der Waals surface area contributed by atoms with Crippen molar-refractivity contribution in [1.29, 1.82) is 0 Å². The van der Waals surface area contributed by atoms with Gasteiger partial charge in [0, 0.05) is 25.5 Å². The van der Waals surface area contributed by atoms with Crippen molar-refractivity contribution in [2.45, 2.75) is 45.8 Å². The van der Waals surface area contributed by atoms with E-state index in [1.165, 1.54) is 13.3 Å². The Labute approximate surface area is 181 Å². The summed E-state index contributed by atoms with van der Waals surface area (Å²) in [6.45, 7) is 5.71. The summed E-state index contributed by atoms with van der Waals surface area (Å²) >= 11 is 0. The third-order valence-electron chi connectivity index (χ3n) is 4.82. The lowest BCUT2D eigenvalue weighted by Crippen LogP contribution is -2.42. The van der Waals surface area contributed by atoms with Crippen LogP contribution in [0.4, 0.5) is 5.82 Å². The van der Waals surface area contributed by atoms with Crippen LogP contribution in [-0.2, 0) is 16.1 Å². The standard InChI is InChI=1S/C21H28N6O4/c1-14(2)11-15(21(29)30-3)25-19(28)16-12-24-18(27-9-4-5-10-27)20(26-16)31-13-17-22-7-6-8-23-17/h6-8,12,14-15H,4-5,9-11,13H2,1-3H3,(H,25,28)/t15-/m0/s1. The third-order valence-corrected chi connectivity index (χ3v) is 4.82. The first-order chi connectivity index (χ1) is 15.0. The maximum Gasteiger partial charge on any atom is 0.328 e. The first-order valence-corrected chi connectivity index (χ1v) is 10.4. The molecule has 1 amide bonds. The van der Waals surface area contributed by atoms with Crippen LogP contribution in [0.3, 0.4) is 0 Å². The quantitative estimate of drug-likeness (QED) is 0.596. The van der Waals surface area contributed by atoms with E-state index in [-0.39, 0.29) is 24.1 Å². The van der Waals surface area contributed by atoms with E-state index >= 15 is 0 Å². The number of amides is 1. The number of esters is 1. The monoisotopic (exact) mass is 428 g/mol. The molecule has 1 N–H and O–H groups in total. The van der Waals surface area contributed by atoms with Gasteiger partial charge in [-0.15, -0.1) is 0 Å². The van der Waals surface area contributed by atoms with Crippen LogP contribution in [-0.4, -0.2) is 58.1 Å². The van der Waals surface area contributed by atoms with Gasteiger partial charge in [0.15, 0.2) is 17.3 Å². The Hall–Kier alpha value is -3.30. The van der Waals surface area contributed by atoms with Gasteiger partial charge in [-0.25, -0.2) is 24.7 Å². The SMILES string of the molecule is COC(=O)[C@H](CC(C)C)NC(=O)c1cnc(N2CCCC2)c(OCc2ncccn2)n1. The summed E-state index contributed by atoms with van der Waals surface area (Å²) in [5.74, 6) is 0.489. The molecule has 1 fully saturated rings. The van der Waals surface area contributed by atoms with Gasteiger partial charge in [-0.1, -0.05) is 13.8 Å². The second-order valence-electron chi connectivity index (χ2n) is 7.71. The average molecular weight is 428 g/mol. The van der Waals surface area contributed by atoms with Crippen molar-refractivity contribution in [3.8, 4) is 5.88 Å². The number of hydrogen-bond acceptors (Lipinski definition) is 9. The Morgan fingerprint density at radius 3 is 2.52 bits per heavy atom. The van der Waals surface area contributed by atoms with Gasteiger partial charge in [0.2, 0.25) is 0 Å². The Morgan fingerprint density at radius 1 is 1.16 bits per heavy atom. The number of ether oxygens (including phenoxy) is 2. The fourth-order valence-corrected chi connectivity index (χ4v) is 3.32. The Bertz CT molecular complexity index is 887. The Kier molecular flexibility index (Phi) is 7.69. The highest BCUT2D eigenvalue weighted by atomic mass is 16.5. The molecule has 0 aromatic carbocycles. The zero-order chi connectivity index (χ0) is 22.2. The number of carbonyl (C=O) groups excluding carboxylic acids is 2. The number of carbonyl (C=O) groups is 2. The first kappa shape index (κ1) is 22.4. The van der Waals surface area contributed by atoms with Gasteiger partial charge in [-0.05, 0) is 31.2 Å². The van der Waals surface area contributed by atoms with E-state index in [2.05, 4.69) is 30.2 Å². The van der Waals surface area contributed by atoms with Crippen molar-refractivity contribution in [3.63, 3.8) is 0 Å². The molecule has 0 saturated carbocycles. The molecule has 0 bridgehead atoms. The van der Waals surface area contributed by atoms with Crippen LogP contribution < -0.4 is 15.0 Å². The molecule has 10 heteroatoms. The van der Waals surface area contributed by atoms with Crippen molar-refractivity contribution in [2.75, 3.05) is 25.1 Å². The predicted molar refractivity (Wildman–Crippen MR) is 113 cm³/mol. The Morgan fingerprint density at radius 2 is 1.87 bits per heavy atom. The fraction of sp³-hybridized carbons (Fsp3) is 0.524. The largest absolute Gasteiger partial charge is 0.467 e. The maximum atomic E-state index is 12.8. The van der Waals surface area contributed by atoms with Gasteiger partial charge >= 0.3 is 5.97 Å². The van der Waals surface area contributed by atoms with Crippen LogP contribution in [0.1, 0.15) is 49.4 Å². The second kappa shape index (κ2) is 10.6. The van der Waals surface area contributed by atoms with E-state index in [1.54, 1.807) is 18.5 Å². The lowest BCUT2D eigenvalue weighted by Gasteiger charge is -2.20. The predicted octanol–water partition coefficient (Wildman–Crippen LogP) is 1.76. The molecule has 3 rings (SSSR count). The fourth-order valence-electron chi connectivity index (χ4n) is 3.32. The smallest absolute Gasteiger partial charge is 0.328 e. The molecule has 1 aliphatic rings. The zero-order valence-corrected chi connectivity index (χ0v) is 18.1. The van der Waals surface area contributed by atoms with Crippen molar-refractivity contribution >= 4 is 17.7 Å². The summed E-state index contributed by atoms with van der Waals surface area (Å²) in [4.78, 5) is 44.1. The summed E-state index contributed by atoms with van der Waals surface area (Å²) in [5, 5.41) is 2.70. The Balaban J connectivity index is 1.81. The molecule has 1 aliphatic heterocycles. The first-order valence-electron chi connectivity index (χ1n) is 10.4. The van der Waals surface area contributed by atoms with Crippen molar-refractivity contribution in [3.05, 3.63) is 36.2 Å². The van der Waals surface area contributed by atoms with Gasteiger partial charge in [0.25, 0.3) is 11.8 Å². The van der Waals surface area contributed by atoms with E-state index < -0.39 is 17.9 Å². The molecule has 1 saturated heterocycles. The van der Waals surface area contributed by atoms with Crippen molar-refractivity contribution in [2.24, 2.45) is 5.92 Å². The molecular weight excluding hydrogens is 400 g/mol. The summed E-state index contributed by atoms with van der Waals surface area (Å²) in [6.07, 6.45) is 7.22. The van der Waals surface area contributed by atoms with Crippen LogP contribution in [0.2, 0.25) is 0 Å². The molecule has 31 heavy (non-hydrogen) atoms. The van der Waals surface area contributed by atoms with Crippen LogP contribution in [0.5, 0.6) is 5.88 Å². The number of nitrogens with one attached hydrogen (secondary N) is 1. The minimum absolute atomic E-state index is 0.0598. The van der Waals surface area contributed by atoms with E-state index in [1.807, 2.05) is 13.8 Å². The third kappa shape index (κ3) is 6.09. The maximum absolute atomic E-state index is 12.8. The van der Waals surface area contributed by atoms with Crippen LogP contribution in [0, 0.1) is 5.92 Å².